The molecule has 2 aliphatic heterocycles. The van der Waals surface area contributed by atoms with Crippen LogP contribution >= 0.6 is 0 Å². The van der Waals surface area contributed by atoms with Gasteiger partial charge in [-0.1, -0.05) is 165 Å². The van der Waals surface area contributed by atoms with Gasteiger partial charge in [-0.15, -0.1) is 0 Å². The second-order valence-electron chi connectivity index (χ2n) is 19.0. The first-order chi connectivity index (χ1) is 33.6. The first-order valence-electron chi connectivity index (χ1n) is 27.2. The molecule has 69 heavy (non-hydrogen) atoms. The Kier molecular flexibility index (Phi) is 38.8. The highest BCUT2D eigenvalue weighted by Gasteiger charge is 2.47. The molecule has 14 nitrogen and oxygen atoms in total. The molecule has 7 N–H and O–H groups in total. The minimum Gasteiger partial charge on any atom is -0.457 e. The van der Waals surface area contributed by atoms with Crippen LogP contribution in [-0.2, 0) is 33.2 Å². The average molecular weight is 983 g/mol. The number of esters is 1. The summed E-state index contributed by atoms with van der Waals surface area (Å²) in [5.41, 5.74) is 0. The van der Waals surface area contributed by atoms with E-state index in [9.17, 15) is 40.5 Å². The zero-order valence-electron chi connectivity index (χ0n) is 42.8. The van der Waals surface area contributed by atoms with E-state index in [-0.39, 0.29) is 25.6 Å². The second kappa shape index (κ2) is 42.5. The Bertz CT molecular complexity index is 1320. The number of hydrogen-bond donors (Lipinski definition) is 7. The van der Waals surface area contributed by atoms with Crippen LogP contribution in [0.25, 0.3) is 0 Å². The molecule has 0 aliphatic carbocycles. The minimum atomic E-state index is -1.71. The third-order valence-corrected chi connectivity index (χ3v) is 12.8. The summed E-state index contributed by atoms with van der Waals surface area (Å²) in [4.78, 5) is 13.0. The van der Waals surface area contributed by atoms with Crippen LogP contribution in [-0.4, -0.2) is 142 Å². The summed E-state index contributed by atoms with van der Waals surface area (Å²) in [5, 5.41) is 72.2. The molecule has 0 radical (unpaired) electrons. The molecule has 2 heterocycles. The van der Waals surface area contributed by atoms with Crippen molar-refractivity contribution in [3.8, 4) is 0 Å². The van der Waals surface area contributed by atoms with Gasteiger partial charge >= 0.3 is 5.97 Å². The number of carbonyl (C=O) groups excluding carboxylic acids is 1. The van der Waals surface area contributed by atoms with Gasteiger partial charge in [-0.05, 0) is 70.6 Å². The Morgan fingerprint density at radius 2 is 0.913 bits per heavy atom. The smallest absolute Gasteiger partial charge is 0.306 e. The number of rotatable bonds is 43. The van der Waals surface area contributed by atoms with E-state index in [0.29, 0.717) is 13.0 Å². The molecule has 2 aliphatic rings. The third-order valence-electron chi connectivity index (χ3n) is 12.8. The third kappa shape index (κ3) is 29.9. The molecule has 14 heteroatoms. The van der Waals surface area contributed by atoms with Crippen LogP contribution in [0.15, 0.2) is 48.6 Å². The van der Waals surface area contributed by atoms with Crippen molar-refractivity contribution in [3.63, 3.8) is 0 Å². The molecule has 402 valence electrons. The van der Waals surface area contributed by atoms with E-state index < -0.39 is 80.7 Å². The monoisotopic (exact) mass is 983 g/mol. The van der Waals surface area contributed by atoms with Crippen LogP contribution in [0.5, 0.6) is 0 Å². The molecule has 2 fully saturated rings. The van der Waals surface area contributed by atoms with Crippen LogP contribution in [0.1, 0.15) is 194 Å². The fraction of sp³-hybridized carbons (Fsp3) is 0.836. The van der Waals surface area contributed by atoms with E-state index in [1.165, 1.54) is 96.3 Å². The lowest BCUT2D eigenvalue weighted by Gasteiger charge is -2.42. The summed E-state index contributed by atoms with van der Waals surface area (Å²) in [7, 11) is 0. The summed E-state index contributed by atoms with van der Waals surface area (Å²) in [5.74, 6) is -0.386. The second-order valence-corrected chi connectivity index (χ2v) is 19.0. The lowest BCUT2D eigenvalue weighted by Crippen LogP contribution is -2.61. The summed E-state index contributed by atoms with van der Waals surface area (Å²) >= 11 is 0. The average Bonchev–Trinajstić information content (AvgIpc) is 3.35. The number of unbranched alkanes of at least 4 members (excludes halogenated alkanes) is 21. The summed E-state index contributed by atoms with van der Waals surface area (Å²) in [6.07, 6.45) is 33.1. The molecule has 0 spiro atoms. The zero-order chi connectivity index (χ0) is 50.2. The molecular weight excluding hydrogens is 885 g/mol. The van der Waals surface area contributed by atoms with Crippen LogP contribution in [0.2, 0.25) is 0 Å². The van der Waals surface area contributed by atoms with Crippen molar-refractivity contribution in [1.29, 1.82) is 0 Å². The van der Waals surface area contributed by atoms with Gasteiger partial charge in [0.15, 0.2) is 12.6 Å². The van der Waals surface area contributed by atoms with Gasteiger partial charge in [0.25, 0.3) is 0 Å². The van der Waals surface area contributed by atoms with Crippen molar-refractivity contribution in [2.75, 3.05) is 33.0 Å². The Labute approximate surface area is 416 Å². The number of allylic oxidation sites excluding steroid dienone is 8. The van der Waals surface area contributed by atoms with Gasteiger partial charge in [0.05, 0.1) is 26.4 Å². The highest BCUT2D eigenvalue weighted by molar-refractivity contribution is 5.69. The number of hydrogen-bond acceptors (Lipinski definition) is 14. The van der Waals surface area contributed by atoms with Crippen LogP contribution in [0.3, 0.4) is 0 Å². The molecule has 0 amide bonds. The molecule has 0 bridgehead atoms. The van der Waals surface area contributed by atoms with Gasteiger partial charge in [-0.3, -0.25) is 4.79 Å². The number of aliphatic hydroxyl groups is 7. The maximum Gasteiger partial charge on any atom is 0.306 e. The molecule has 0 aromatic heterocycles. The Morgan fingerprint density at radius 1 is 0.478 bits per heavy atom. The Morgan fingerprint density at radius 3 is 1.46 bits per heavy atom. The first kappa shape index (κ1) is 63.1. The van der Waals surface area contributed by atoms with Crippen molar-refractivity contribution < 1.29 is 69.0 Å². The van der Waals surface area contributed by atoms with E-state index >= 15 is 0 Å². The zero-order valence-corrected chi connectivity index (χ0v) is 42.8. The predicted molar refractivity (Wildman–Crippen MR) is 270 cm³/mol. The quantitative estimate of drug-likeness (QED) is 0.0173. The van der Waals surface area contributed by atoms with E-state index in [4.69, 9.17) is 28.4 Å². The van der Waals surface area contributed by atoms with Crippen molar-refractivity contribution in [2.45, 2.75) is 261 Å². The van der Waals surface area contributed by atoms with Crippen LogP contribution in [0, 0.1) is 0 Å². The van der Waals surface area contributed by atoms with Gasteiger partial charge in [0.1, 0.15) is 54.9 Å². The summed E-state index contributed by atoms with van der Waals surface area (Å²) < 4.78 is 34.3. The van der Waals surface area contributed by atoms with E-state index in [1.54, 1.807) is 0 Å². The summed E-state index contributed by atoms with van der Waals surface area (Å²) in [6, 6.07) is 0. The lowest BCUT2D eigenvalue weighted by atomic mass is 9.98. The topological polar surface area (TPSA) is 214 Å². The molecule has 0 aromatic rings. The maximum atomic E-state index is 13.0. The predicted octanol–water partition coefficient (Wildman–Crippen LogP) is 8.74. The Hall–Kier alpha value is -2.05. The standard InChI is InChI=1S/C55H98O14/c1-3-5-7-9-11-13-15-17-18-19-20-21-22-23-24-25-26-27-28-30-32-34-36-38-47(57)67-44(41-64-39-37-35-33-31-29-16-14-12-10-8-6-4-2)42-65-54-53(63)51(61)49(59)46(69-54)43-66-55-52(62)50(60)48(58)45(40-56)68-55/h10,12,15,17,19-20,22-23,44-46,48-56,58-63H,3-9,11,13-14,16,18,21,24-43H2,1-2H3/b12-10-,17-15-,20-19-,23-22-. The van der Waals surface area contributed by atoms with Crippen LogP contribution in [0.4, 0.5) is 0 Å². The van der Waals surface area contributed by atoms with Crippen molar-refractivity contribution >= 4 is 5.97 Å². The highest BCUT2D eigenvalue weighted by Crippen LogP contribution is 2.26. The van der Waals surface area contributed by atoms with E-state index in [2.05, 4.69) is 62.5 Å². The molecule has 0 aromatic carbocycles. The molecule has 11 unspecified atom stereocenters. The maximum absolute atomic E-state index is 13.0. The molecule has 11 atom stereocenters. The van der Waals surface area contributed by atoms with Crippen molar-refractivity contribution in [1.82, 2.24) is 0 Å². The molecule has 2 rings (SSSR count). The Balaban J connectivity index is 1.72. The van der Waals surface area contributed by atoms with Gasteiger partial charge in [-0.25, -0.2) is 0 Å². The van der Waals surface area contributed by atoms with Gasteiger partial charge in [-0.2, -0.15) is 0 Å². The van der Waals surface area contributed by atoms with Gasteiger partial charge < -0.3 is 64.2 Å². The number of ether oxygens (including phenoxy) is 6. The SMILES string of the molecule is CCCC/C=C\CCCCCCCCOCC(COC1OC(COC2OC(CO)C(O)C(O)C2O)C(O)C(O)C1O)OC(=O)CCCCCCCCCC/C=C\C/C=C\C/C=C\CCCCCCC. The highest BCUT2D eigenvalue weighted by atomic mass is 16.7. The first-order valence-corrected chi connectivity index (χ1v) is 27.2. The molecule has 0 saturated carbocycles. The normalized spacial score (nSPS) is 26.0. The minimum absolute atomic E-state index is 0.0534. The fourth-order valence-corrected chi connectivity index (χ4v) is 8.33. The van der Waals surface area contributed by atoms with Crippen molar-refractivity contribution in [2.24, 2.45) is 0 Å². The van der Waals surface area contributed by atoms with Gasteiger partial charge in [0, 0.05) is 13.0 Å². The van der Waals surface area contributed by atoms with Crippen molar-refractivity contribution in [3.05, 3.63) is 48.6 Å². The lowest BCUT2D eigenvalue weighted by molar-refractivity contribution is -0.332. The molecule has 2 saturated heterocycles. The molecular formula is C55H98O14. The number of carbonyl (C=O) groups is 1. The fourth-order valence-electron chi connectivity index (χ4n) is 8.33. The van der Waals surface area contributed by atoms with E-state index in [1.807, 2.05) is 0 Å². The summed E-state index contributed by atoms with van der Waals surface area (Å²) in [6.45, 7) is 3.62. The van der Waals surface area contributed by atoms with Crippen LogP contribution < -0.4 is 0 Å². The number of aliphatic hydroxyl groups excluding tert-OH is 7. The van der Waals surface area contributed by atoms with E-state index in [0.717, 1.165) is 70.6 Å². The van der Waals surface area contributed by atoms with Gasteiger partial charge in [0.2, 0.25) is 0 Å². The largest absolute Gasteiger partial charge is 0.457 e.